The molecule has 0 bridgehead atoms. The number of rotatable bonds is 3. The van der Waals surface area contributed by atoms with Crippen molar-refractivity contribution in [2.24, 2.45) is 0 Å². The van der Waals surface area contributed by atoms with E-state index in [0.717, 1.165) is 5.56 Å². The molecule has 2 heteroatoms. The van der Waals surface area contributed by atoms with Crippen LogP contribution in [0, 0.1) is 0 Å². The van der Waals surface area contributed by atoms with Crippen LogP contribution in [-0.2, 0) is 0 Å². The van der Waals surface area contributed by atoms with Crippen LogP contribution in [0.15, 0.2) is 30.3 Å². The molecule has 1 aromatic carbocycles. The summed E-state index contributed by atoms with van der Waals surface area (Å²) in [4.78, 5) is 11.1. The third-order valence-corrected chi connectivity index (χ3v) is 1.81. The molecule has 0 aliphatic heterocycles. The molecule has 0 amide bonds. The van der Waals surface area contributed by atoms with E-state index in [1.807, 2.05) is 44.2 Å². The van der Waals surface area contributed by atoms with Crippen molar-refractivity contribution in [3.05, 3.63) is 35.9 Å². The minimum absolute atomic E-state index is 0.0978. The molecule has 0 aromatic heterocycles. The zero-order valence-electron chi connectivity index (χ0n) is 7.88. The SMILES string of the molecule is CC(C)(Cl)CC(=O)c1ccccc1. The third-order valence-electron chi connectivity index (χ3n) is 1.68. The summed E-state index contributed by atoms with van der Waals surface area (Å²) in [7, 11) is 0. The summed E-state index contributed by atoms with van der Waals surface area (Å²) in [6.07, 6.45) is 0.374. The minimum atomic E-state index is -0.451. The molecule has 70 valence electrons. The van der Waals surface area contributed by atoms with Gasteiger partial charge in [0, 0.05) is 16.9 Å². The number of carbonyl (C=O) groups excluding carboxylic acids is 1. The van der Waals surface area contributed by atoms with Crippen molar-refractivity contribution < 1.29 is 4.79 Å². The van der Waals surface area contributed by atoms with Gasteiger partial charge in [-0.25, -0.2) is 0 Å². The van der Waals surface area contributed by atoms with Gasteiger partial charge in [-0.1, -0.05) is 30.3 Å². The summed E-state index contributed by atoms with van der Waals surface area (Å²) in [6.45, 7) is 3.69. The van der Waals surface area contributed by atoms with Crippen molar-refractivity contribution >= 4 is 17.4 Å². The van der Waals surface area contributed by atoms with Crippen molar-refractivity contribution in [2.75, 3.05) is 0 Å². The lowest BCUT2D eigenvalue weighted by Gasteiger charge is -2.13. The molecular weight excluding hydrogens is 184 g/mol. The van der Waals surface area contributed by atoms with Crippen molar-refractivity contribution in [2.45, 2.75) is 25.1 Å². The largest absolute Gasteiger partial charge is 0.294 e. The second kappa shape index (κ2) is 3.93. The molecule has 0 N–H and O–H groups in total. The summed E-state index contributed by atoms with van der Waals surface area (Å²) in [5, 5.41) is 0. The number of alkyl halides is 1. The summed E-state index contributed by atoms with van der Waals surface area (Å²) >= 11 is 5.96. The fourth-order valence-corrected chi connectivity index (χ4v) is 1.23. The number of Topliss-reactive ketones (excluding diaryl/α,β-unsaturated/α-hetero) is 1. The summed E-state index contributed by atoms with van der Waals surface area (Å²) < 4.78 is 0. The van der Waals surface area contributed by atoms with Gasteiger partial charge in [-0.3, -0.25) is 4.79 Å². The average Bonchev–Trinajstić information content (AvgIpc) is 2.03. The van der Waals surface area contributed by atoms with E-state index in [2.05, 4.69) is 0 Å². The highest BCUT2D eigenvalue weighted by molar-refractivity contribution is 6.25. The van der Waals surface area contributed by atoms with Crippen LogP contribution in [0.3, 0.4) is 0 Å². The highest BCUT2D eigenvalue weighted by Crippen LogP contribution is 2.20. The maximum Gasteiger partial charge on any atom is 0.164 e. The summed E-state index contributed by atoms with van der Waals surface area (Å²) in [6, 6.07) is 9.22. The normalized spacial score (nSPS) is 11.3. The Labute approximate surface area is 83.7 Å². The first-order valence-electron chi connectivity index (χ1n) is 4.26. The monoisotopic (exact) mass is 196 g/mol. The zero-order valence-corrected chi connectivity index (χ0v) is 8.64. The molecule has 1 nitrogen and oxygen atoms in total. The molecule has 1 aromatic rings. The van der Waals surface area contributed by atoms with E-state index in [1.54, 1.807) is 0 Å². The predicted molar refractivity (Wildman–Crippen MR) is 55.3 cm³/mol. The number of halogens is 1. The molecule has 0 radical (unpaired) electrons. The molecule has 0 aliphatic carbocycles. The molecule has 0 saturated heterocycles. The van der Waals surface area contributed by atoms with Crippen LogP contribution in [0.2, 0.25) is 0 Å². The predicted octanol–water partition coefficient (Wildman–Crippen LogP) is 3.28. The van der Waals surface area contributed by atoms with Crippen molar-refractivity contribution in [1.82, 2.24) is 0 Å². The fourth-order valence-electron chi connectivity index (χ4n) is 1.11. The Hall–Kier alpha value is -0.820. The van der Waals surface area contributed by atoms with Crippen molar-refractivity contribution in [3.8, 4) is 0 Å². The lowest BCUT2D eigenvalue weighted by molar-refractivity contribution is 0.0973. The topological polar surface area (TPSA) is 17.1 Å². The van der Waals surface area contributed by atoms with Crippen molar-refractivity contribution in [1.29, 1.82) is 0 Å². The van der Waals surface area contributed by atoms with Gasteiger partial charge in [0.25, 0.3) is 0 Å². The smallest absolute Gasteiger partial charge is 0.164 e. The number of hydrogen-bond acceptors (Lipinski definition) is 1. The Morgan fingerprint density at radius 3 is 2.31 bits per heavy atom. The van der Waals surface area contributed by atoms with Crippen LogP contribution in [0.25, 0.3) is 0 Å². The first-order valence-corrected chi connectivity index (χ1v) is 4.64. The molecule has 0 heterocycles. The summed E-state index contributed by atoms with van der Waals surface area (Å²) in [5.41, 5.74) is 0.733. The van der Waals surface area contributed by atoms with E-state index < -0.39 is 4.87 Å². The standard InChI is InChI=1S/C11H13ClO/c1-11(2,12)8-10(13)9-6-4-3-5-7-9/h3-7H,8H2,1-2H3. The van der Waals surface area contributed by atoms with Gasteiger partial charge in [0.2, 0.25) is 0 Å². The lowest BCUT2D eigenvalue weighted by atomic mass is 10.0. The Kier molecular flexibility index (Phi) is 3.10. The Balaban J connectivity index is 2.71. The van der Waals surface area contributed by atoms with Gasteiger partial charge in [-0.2, -0.15) is 0 Å². The third kappa shape index (κ3) is 3.60. The van der Waals surface area contributed by atoms with Crippen LogP contribution in [0.5, 0.6) is 0 Å². The first-order chi connectivity index (χ1) is 5.99. The Morgan fingerprint density at radius 1 is 1.31 bits per heavy atom. The highest BCUT2D eigenvalue weighted by Gasteiger charge is 2.18. The van der Waals surface area contributed by atoms with E-state index in [9.17, 15) is 4.79 Å². The second-order valence-corrected chi connectivity index (χ2v) is 4.71. The molecule has 0 spiro atoms. The van der Waals surface area contributed by atoms with Crippen molar-refractivity contribution in [3.63, 3.8) is 0 Å². The maximum atomic E-state index is 11.6. The van der Waals surface area contributed by atoms with Gasteiger partial charge in [-0.15, -0.1) is 11.6 Å². The Bertz CT molecular complexity index is 285. The number of hydrogen-bond donors (Lipinski definition) is 0. The van der Waals surface area contributed by atoms with Crippen LogP contribution in [-0.4, -0.2) is 10.7 Å². The number of ketones is 1. The minimum Gasteiger partial charge on any atom is -0.294 e. The highest BCUT2D eigenvalue weighted by atomic mass is 35.5. The molecular formula is C11H13ClO. The Morgan fingerprint density at radius 2 is 1.85 bits per heavy atom. The summed E-state index contributed by atoms with van der Waals surface area (Å²) in [5.74, 6) is 0.0978. The van der Waals surface area contributed by atoms with Gasteiger partial charge in [0.1, 0.15) is 0 Å². The quantitative estimate of drug-likeness (QED) is 0.536. The van der Waals surface area contributed by atoms with Gasteiger partial charge < -0.3 is 0 Å². The van der Waals surface area contributed by atoms with Gasteiger partial charge in [-0.05, 0) is 13.8 Å². The van der Waals surface area contributed by atoms with E-state index in [0.29, 0.717) is 6.42 Å². The van der Waals surface area contributed by atoms with E-state index in [1.165, 1.54) is 0 Å². The molecule has 13 heavy (non-hydrogen) atoms. The fraction of sp³-hybridized carbons (Fsp3) is 0.364. The van der Waals surface area contributed by atoms with Crippen LogP contribution in [0.4, 0.5) is 0 Å². The molecule has 0 atom stereocenters. The van der Waals surface area contributed by atoms with Gasteiger partial charge in [0.05, 0.1) is 0 Å². The van der Waals surface area contributed by atoms with E-state index >= 15 is 0 Å². The average molecular weight is 197 g/mol. The molecule has 0 aliphatic rings. The first kappa shape index (κ1) is 10.3. The van der Waals surface area contributed by atoms with Gasteiger partial charge >= 0.3 is 0 Å². The van der Waals surface area contributed by atoms with E-state index in [-0.39, 0.29) is 5.78 Å². The molecule has 0 unspecified atom stereocenters. The second-order valence-electron chi connectivity index (χ2n) is 3.68. The zero-order chi connectivity index (χ0) is 9.90. The maximum absolute atomic E-state index is 11.6. The van der Waals surface area contributed by atoms with Gasteiger partial charge in [0.15, 0.2) is 5.78 Å². The number of carbonyl (C=O) groups is 1. The number of benzene rings is 1. The molecule has 0 saturated carbocycles. The molecule has 0 fully saturated rings. The van der Waals surface area contributed by atoms with Crippen LogP contribution >= 0.6 is 11.6 Å². The van der Waals surface area contributed by atoms with E-state index in [4.69, 9.17) is 11.6 Å². The lowest BCUT2D eigenvalue weighted by Crippen LogP contribution is -2.16. The molecule has 1 rings (SSSR count). The van der Waals surface area contributed by atoms with Crippen LogP contribution < -0.4 is 0 Å². The van der Waals surface area contributed by atoms with Crippen LogP contribution in [0.1, 0.15) is 30.6 Å².